The Kier molecular flexibility index (Phi) is 5.72. The Balaban J connectivity index is 1.81. The van der Waals surface area contributed by atoms with Crippen molar-refractivity contribution in [1.82, 2.24) is 0 Å². The molecule has 0 bridgehead atoms. The Hall–Kier alpha value is -3.63. The minimum atomic E-state index is -1.21. The molecule has 0 saturated heterocycles. The summed E-state index contributed by atoms with van der Waals surface area (Å²) in [5.41, 5.74) is 1.12. The van der Waals surface area contributed by atoms with E-state index in [1.54, 1.807) is 30.3 Å². The molecule has 0 aliphatic heterocycles. The summed E-state index contributed by atoms with van der Waals surface area (Å²) in [7, 11) is 0. The predicted molar refractivity (Wildman–Crippen MR) is 105 cm³/mol. The van der Waals surface area contributed by atoms with Crippen LogP contribution < -0.4 is 10.1 Å². The zero-order valence-electron chi connectivity index (χ0n) is 14.4. The van der Waals surface area contributed by atoms with Crippen molar-refractivity contribution in [2.75, 3.05) is 11.9 Å². The van der Waals surface area contributed by atoms with Gasteiger partial charge in [0, 0.05) is 10.8 Å². The molecular formula is C21H14FNO4S. The maximum atomic E-state index is 14.5. The highest BCUT2D eigenvalue weighted by Gasteiger charge is 2.19. The molecule has 0 aliphatic rings. The summed E-state index contributed by atoms with van der Waals surface area (Å²) in [6, 6.07) is 11.4. The number of hydrogen-bond donors (Lipinski definition) is 2. The molecule has 0 radical (unpaired) electrons. The summed E-state index contributed by atoms with van der Waals surface area (Å²) >= 11 is 1.08. The van der Waals surface area contributed by atoms with E-state index in [2.05, 4.69) is 11.2 Å². The van der Waals surface area contributed by atoms with E-state index in [1.165, 1.54) is 22.9 Å². The monoisotopic (exact) mass is 395 g/mol. The summed E-state index contributed by atoms with van der Waals surface area (Å²) in [6.45, 7) is 0.129. The first-order chi connectivity index (χ1) is 13.5. The molecule has 0 atom stereocenters. The molecule has 0 fully saturated rings. The van der Waals surface area contributed by atoms with Crippen molar-refractivity contribution in [2.45, 2.75) is 0 Å². The number of benzene rings is 2. The van der Waals surface area contributed by atoms with Gasteiger partial charge in [0.05, 0.1) is 16.8 Å². The van der Waals surface area contributed by atoms with E-state index >= 15 is 0 Å². The third-order valence-corrected chi connectivity index (χ3v) is 4.59. The first-order valence-electron chi connectivity index (χ1n) is 8.06. The molecule has 0 saturated carbocycles. The second-order valence-corrected chi connectivity index (χ2v) is 6.42. The van der Waals surface area contributed by atoms with Gasteiger partial charge in [0.15, 0.2) is 0 Å². The van der Waals surface area contributed by atoms with Crippen molar-refractivity contribution in [2.24, 2.45) is 0 Å². The highest BCUT2D eigenvalue weighted by molar-refractivity contribution is 7.08. The van der Waals surface area contributed by atoms with Crippen LogP contribution in [0.3, 0.4) is 0 Å². The molecule has 7 heteroatoms. The highest BCUT2D eigenvalue weighted by Crippen LogP contribution is 2.28. The van der Waals surface area contributed by atoms with Gasteiger partial charge in [0.2, 0.25) is 0 Å². The van der Waals surface area contributed by atoms with Gasteiger partial charge in [0.25, 0.3) is 5.91 Å². The number of ether oxygens (including phenoxy) is 1. The number of carboxylic acid groups (broad SMARTS) is 1. The van der Waals surface area contributed by atoms with E-state index in [4.69, 9.17) is 16.3 Å². The highest BCUT2D eigenvalue weighted by atomic mass is 32.1. The normalized spacial score (nSPS) is 10.1. The number of terminal acetylenes is 1. The molecule has 28 heavy (non-hydrogen) atoms. The second kappa shape index (κ2) is 8.37. The molecule has 3 aromatic rings. The Morgan fingerprint density at radius 2 is 1.89 bits per heavy atom. The molecule has 1 heterocycles. The molecule has 3 rings (SSSR count). The smallest absolute Gasteiger partial charge is 0.337 e. The zero-order chi connectivity index (χ0) is 20.1. The lowest BCUT2D eigenvalue weighted by molar-refractivity contribution is 0.0693. The number of carbonyl (C=O) groups is 2. The molecule has 0 spiro atoms. The Morgan fingerprint density at radius 3 is 2.61 bits per heavy atom. The van der Waals surface area contributed by atoms with Crippen molar-refractivity contribution < 1.29 is 23.8 Å². The largest absolute Gasteiger partial charge is 0.481 e. The maximum Gasteiger partial charge on any atom is 0.337 e. The Bertz CT molecular complexity index is 1080. The fraction of sp³-hybridized carbons (Fsp3) is 0.0476. The van der Waals surface area contributed by atoms with Gasteiger partial charge in [-0.2, -0.15) is 11.3 Å². The van der Waals surface area contributed by atoms with Gasteiger partial charge in [-0.25, -0.2) is 9.18 Å². The summed E-state index contributed by atoms with van der Waals surface area (Å²) in [5.74, 6) is 0.392. The predicted octanol–water partition coefficient (Wildman–Crippen LogP) is 4.52. The summed E-state index contributed by atoms with van der Waals surface area (Å²) in [4.78, 5) is 23.4. The van der Waals surface area contributed by atoms with Gasteiger partial charge in [-0.1, -0.05) is 24.1 Å². The second-order valence-electron chi connectivity index (χ2n) is 5.67. The van der Waals surface area contributed by atoms with Crippen LogP contribution in [0.1, 0.15) is 20.7 Å². The van der Waals surface area contributed by atoms with Crippen LogP contribution in [0, 0.1) is 18.2 Å². The number of thiophene rings is 1. The number of aromatic carboxylic acids is 1. The topological polar surface area (TPSA) is 75.6 Å². The number of hydrogen-bond acceptors (Lipinski definition) is 4. The number of rotatable bonds is 6. The number of carbonyl (C=O) groups excluding carboxylic acids is 1. The first kappa shape index (κ1) is 19.1. The van der Waals surface area contributed by atoms with E-state index in [-0.39, 0.29) is 23.4 Å². The fourth-order valence-electron chi connectivity index (χ4n) is 2.51. The van der Waals surface area contributed by atoms with Crippen molar-refractivity contribution >= 4 is 28.9 Å². The van der Waals surface area contributed by atoms with Crippen molar-refractivity contribution in [1.29, 1.82) is 0 Å². The molecule has 1 aromatic heterocycles. The SMILES string of the molecule is C#CCOc1cccc(-c2ccc(NC(=O)c3cscc3C(=O)O)c(F)c2)c1. The quantitative estimate of drug-likeness (QED) is 0.602. The summed E-state index contributed by atoms with van der Waals surface area (Å²) in [6.07, 6.45) is 5.17. The van der Waals surface area contributed by atoms with Crippen molar-refractivity contribution in [3.8, 4) is 29.2 Å². The average Bonchev–Trinajstić information content (AvgIpc) is 3.18. The lowest BCUT2D eigenvalue weighted by Crippen LogP contribution is -2.15. The number of halogens is 1. The average molecular weight is 395 g/mol. The van der Waals surface area contributed by atoms with Gasteiger partial charge in [0.1, 0.15) is 18.2 Å². The molecule has 0 aliphatic carbocycles. The first-order valence-corrected chi connectivity index (χ1v) is 9.01. The lowest BCUT2D eigenvalue weighted by Gasteiger charge is -2.10. The number of anilines is 1. The standard InChI is InChI=1S/C21H14FNO4S/c1-2-8-27-15-5-3-4-13(9-15)14-6-7-19(18(22)10-14)23-20(24)16-11-28-12-17(16)21(25)26/h1,3-7,9-12H,8H2,(H,23,24)(H,25,26). The summed E-state index contributed by atoms with van der Waals surface area (Å²) in [5, 5.41) is 14.3. The third-order valence-electron chi connectivity index (χ3n) is 3.84. The summed E-state index contributed by atoms with van der Waals surface area (Å²) < 4.78 is 19.9. The molecule has 2 N–H and O–H groups in total. The van der Waals surface area contributed by atoms with Crippen LogP contribution in [0.5, 0.6) is 5.75 Å². The number of amides is 1. The van der Waals surface area contributed by atoms with Crippen LogP contribution in [0.25, 0.3) is 11.1 Å². The number of nitrogens with one attached hydrogen (secondary N) is 1. The Morgan fingerprint density at radius 1 is 1.14 bits per heavy atom. The van der Waals surface area contributed by atoms with Crippen LogP contribution in [0.15, 0.2) is 53.2 Å². The van der Waals surface area contributed by atoms with Crippen LogP contribution in [-0.4, -0.2) is 23.6 Å². The van der Waals surface area contributed by atoms with E-state index in [0.717, 1.165) is 16.9 Å². The van der Waals surface area contributed by atoms with Crippen LogP contribution in [-0.2, 0) is 0 Å². The van der Waals surface area contributed by atoms with E-state index < -0.39 is 17.7 Å². The Labute approximate surface area is 164 Å². The third kappa shape index (κ3) is 4.19. The van der Waals surface area contributed by atoms with Crippen LogP contribution >= 0.6 is 11.3 Å². The number of carboxylic acids is 1. The molecule has 140 valence electrons. The molecule has 1 amide bonds. The van der Waals surface area contributed by atoms with Crippen molar-refractivity contribution in [3.05, 3.63) is 70.2 Å². The van der Waals surface area contributed by atoms with Crippen molar-refractivity contribution in [3.63, 3.8) is 0 Å². The zero-order valence-corrected chi connectivity index (χ0v) is 15.3. The molecular weight excluding hydrogens is 381 g/mol. The molecule has 0 unspecified atom stereocenters. The minimum absolute atomic E-state index is 0.0145. The van der Waals surface area contributed by atoms with Gasteiger partial charge in [-0.05, 0) is 35.4 Å². The van der Waals surface area contributed by atoms with E-state index in [9.17, 15) is 14.0 Å². The van der Waals surface area contributed by atoms with Gasteiger partial charge in [-0.3, -0.25) is 4.79 Å². The van der Waals surface area contributed by atoms with E-state index in [1.807, 2.05) is 0 Å². The van der Waals surface area contributed by atoms with Crippen LogP contribution in [0.4, 0.5) is 10.1 Å². The van der Waals surface area contributed by atoms with Gasteiger partial charge < -0.3 is 15.2 Å². The fourth-order valence-corrected chi connectivity index (χ4v) is 3.32. The minimum Gasteiger partial charge on any atom is -0.481 e. The lowest BCUT2D eigenvalue weighted by atomic mass is 10.0. The van der Waals surface area contributed by atoms with E-state index in [0.29, 0.717) is 11.3 Å². The molecule has 5 nitrogen and oxygen atoms in total. The van der Waals surface area contributed by atoms with Gasteiger partial charge >= 0.3 is 5.97 Å². The maximum absolute atomic E-state index is 14.5. The van der Waals surface area contributed by atoms with Gasteiger partial charge in [-0.15, -0.1) is 6.42 Å². The van der Waals surface area contributed by atoms with Crippen LogP contribution in [0.2, 0.25) is 0 Å². The molecule has 2 aromatic carbocycles.